The van der Waals surface area contributed by atoms with Gasteiger partial charge >= 0.3 is 0 Å². The first-order chi connectivity index (χ1) is 8.31. The molecule has 1 amide bonds. The number of nitrogens with two attached hydrogens (primary N) is 1. The number of hydrogen-bond donors (Lipinski definition) is 1. The summed E-state index contributed by atoms with van der Waals surface area (Å²) < 4.78 is 0. The van der Waals surface area contributed by atoms with Gasteiger partial charge in [0.2, 0.25) is 0 Å². The maximum atomic E-state index is 12.3. The molecule has 18 heavy (non-hydrogen) atoms. The van der Waals surface area contributed by atoms with Gasteiger partial charge in [0.15, 0.2) is 0 Å². The number of hydrogen-bond acceptors (Lipinski definition) is 2. The summed E-state index contributed by atoms with van der Waals surface area (Å²) in [5.41, 5.74) is 5.92. The fraction of sp³-hybridized carbons (Fsp3) is 0.333. The molecule has 1 rings (SSSR count). The van der Waals surface area contributed by atoms with Gasteiger partial charge in [-0.2, -0.15) is 0 Å². The van der Waals surface area contributed by atoms with Crippen LogP contribution < -0.4 is 5.73 Å². The van der Waals surface area contributed by atoms with Gasteiger partial charge in [-0.1, -0.05) is 35.4 Å². The predicted molar refractivity (Wildman–Crippen MR) is 79.4 cm³/mol. The van der Waals surface area contributed by atoms with Crippen LogP contribution in [0, 0.1) is 0 Å². The molecule has 0 heterocycles. The Morgan fingerprint density at radius 2 is 1.83 bits per heavy atom. The molecule has 1 aromatic rings. The fourth-order valence-electron chi connectivity index (χ4n) is 1.50. The zero-order valence-corrected chi connectivity index (χ0v) is 12.4. The molecule has 0 aromatic heterocycles. The Morgan fingerprint density at radius 1 is 1.33 bits per heavy atom. The lowest BCUT2D eigenvalue weighted by atomic mass is 10.1. The summed E-state index contributed by atoms with van der Waals surface area (Å²) in [6.07, 6.45) is 0. The largest absolute Gasteiger partial charge is 0.392 e. The molecule has 98 valence electrons. The highest BCUT2D eigenvalue weighted by Gasteiger charge is 2.20. The van der Waals surface area contributed by atoms with Crippen LogP contribution in [0.15, 0.2) is 18.2 Å². The molecule has 3 nitrogen and oxygen atoms in total. The van der Waals surface area contributed by atoms with E-state index in [1.54, 1.807) is 23.1 Å². The molecule has 0 spiro atoms. The van der Waals surface area contributed by atoms with Crippen molar-refractivity contribution in [3.05, 3.63) is 33.8 Å². The van der Waals surface area contributed by atoms with Crippen molar-refractivity contribution in [2.45, 2.75) is 19.9 Å². The molecule has 0 saturated carbocycles. The minimum atomic E-state index is -0.192. The minimum Gasteiger partial charge on any atom is -0.392 e. The Kier molecular flexibility index (Phi) is 5.38. The molecule has 2 N–H and O–H groups in total. The quantitative estimate of drug-likeness (QED) is 0.869. The van der Waals surface area contributed by atoms with Crippen LogP contribution in [0.1, 0.15) is 24.2 Å². The monoisotopic (exact) mass is 304 g/mol. The van der Waals surface area contributed by atoms with Crippen molar-refractivity contribution < 1.29 is 4.79 Å². The molecule has 0 radical (unpaired) electrons. The van der Waals surface area contributed by atoms with Gasteiger partial charge in [-0.25, -0.2) is 0 Å². The van der Waals surface area contributed by atoms with Crippen molar-refractivity contribution >= 4 is 46.3 Å². The summed E-state index contributed by atoms with van der Waals surface area (Å²) >= 11 is 16.6. The minimum absolute atomic E-state index is 0.0169. The van der Waals surface area contributed by atoms with Gasteiger partial charge in [0, 0.05) is 21.7 Å². The number of carbonyl (C=O) groups is 1. The van der Waals surface area contributed by atoms with Crippen LogP contribution in [0.5, 0.6) is 0 Å². The SMILES string of the molecule is CC(C)N(CC(N)=S)C(=O)c1cc(Cl)cc(Cl)c1. The summed E-state index contributed by atoms with van der Waals surface area (Å²) in [6, 6.07) is 4.71. The van der Waals surface area contributed by atoms with Gasteiger partial charge in [0.1, 0.15) is 0 Å². The molecule has 0 saturated heterocycles. The number of rotatable bonds is 4. The van der Waals surface area contributed by atoms with Crippen molar-refractivity contribution in [3.63, 3.8) is 0 Å². The molecular formula is C12H14Cl2N2OS. The molecular weight excluding hydrogens is 291 g/mol. The van der Waals surface area contributed by atoms with Crippen LogP contribution >= 0.6 is 35.4 Å². The average molecular weight is 305 g/mol. The van der Waals surface area contributed by atoms with Crippen LogP contribution in [0.4, 0.5) is 0 Å². The number of benzene rings is 1. The first-order valence-corrected chi connectivity index (χ1v) is 6.53. The first-order valence-electron chi connectivity index (χ1n) is 5.36. The number of amides is 1. The van der Waals surface area contributed by atoms with Crippen molar-refractivity contribution in [2.24, 2.45) is 5.73 Å². The maximum absolute atomic E-state index is 12.3. The third kappa shape index (κ3) is 4.12. The second-order valence-corrected chi connectivity index (χ2v) is 5.55. The van der Waals surface area contributed by atoms with Gasteiger partial charge in [-0.15, -0.1) is 0 Å². The van der Waals surface area contributed by atoms with E-state index < -0.39 is 0 Å². The van der Waals surface area contributed by atoms with E-state index in [4.69, 9.17) is 41.2 Å². The van der Waals surface area contributed by atoms with Crippen LogP contribution in [0.2, 0.25) is 10.0 Å². The molecule has 0 atom stereocenters. The Labute approximate surface area is 122 Å². The number of thiocarbonyl (C=S) groups is 1. The van der Waals surface area contributed by atoms with Gasteiger partial charge in [0.25, 0.3) is 5.91 Å². The third-order valence-corrected chi connectivity index (χ3v) is 2.89. The van der Waals surface area contributed by atoms with E-state index in [1.165, 1.54) is 0 Å². The summed E-state index contributed by atoms with van der Waals surface area (Å²) in [5.74, 6) is -0.192. The fourth-order valence-corrected chi connectivity index (χ4v) is 2.17. The first kappa shape index (κ1) is 15.2. The zero-order chi connectivity index (χ0) is 13.9. The number of carbonyl (C=O) groups excluding carboxylic acids is 1. The van der Waals surface area contributed by atoms with Gasteiger partial charge < -0.3 is 10.6 Å². The van der Waals surface area contributed by atoms with Crippen molar-refractivity contribution in [1.82, 2.24) is 4.90 Å². The van der Waals surface area contributed by atoms with Crippen LogP contribution in [-0.2, 0) is 0 Å². The summed E-state index contributed by atoms with van der Waals surface area (Å²) in [4.78, 5) is 14.2. The predicted octanol–water partition coefficient (Wildman–Crippen LogP) is 3.13. The number of nitrogens with zero attached hydrogens (tertiary/aromatic N) is 1. The average Bonchev–Trinajstić information content (AvgIpc) is 2.23. The highest BCUT2D eigenvalue weighted by Crippen LogP contribution is 2.20. The normalized spacial score (nSPS) is 10.5. The lowest BCUT2D eigenvalue weighted by Crippen LogP contribution is -2.42. The van der Waals surface area contributed by atoms with Crippen molar-refractivity contribution in [2.75, 3.05) is 6.54 Å². The summed E-state index contributed by atoms with van der Waals surface area (Å²) in [6.45, 7) is 4.01. The molecule has 0 aliphatic rings. The second kappa shape index (κ2) is 6.36. The smallest absolute Gasteiger partial charge is 0.254 e. The van der Waals surface area contributed by atoms with Crippen molar-refractivity contribution in [1.29, 1.82) is 0 Å². The van der Waals surface area contributed by atoms with Gasteiger partial charge in [-0.3, -0.25) is 4.79 Å². The third-order valence-electron chi connectivity index (χ3n) is 2.32. The topological polar surface area (TPSA) is 46.3 Å². The molecule has 0 aliphatic carbocycles. The van der Waals surface area contributed by atoms with E-state index in [2.05, 4.69) is 0 Å². The Balaban J connectivity index is 3.05. The zero-order valence-electron chi connectivity index (χ0n) is 10.1. The lowest BCUT2D eigenvalue weighted by Gasteiger charge is -2.26. The summed E-state index contributed by atoms with van der Waals surface area (Å²) in [5, 5.41) is 0.842. The van der Waals surface area contributed by atoms with Gasteiger partial charge in [-0.05, 0) is 32.0 Å². The van der Waals surface area contributed by atoms with E-state index >= 15 is 0 Å². The van der Waals surface area contributed by atoms with Crippen LogP contribution in [0.3, 0.4) is 0 Å². The Bertz CT molecular complexity index is 457. The Hall–Kier alpha value is -0.840. The van der Waals surface area contributed by atoms with Crippen LogP contribution in [0.25, 0.3) is 0 Å². The van der Waals surface area contributed by atoms with E-state index in [0.29, 0.717) is 15.6 Å². The van der Waals surface area contributed by atoms with Crippen molar-refractivity contribution in [3.8, 4) is 0 Å². The standard InChI is InChI=1S/C12H14Cl2N2OS/c1-7(2)16(6-11(15)18)12(17)8-3-9(13)5-10(14)4-8/h3-5,7H,6H2,1-2H3,(H2,15,18). The molecule has 0 bridgehead atoms. The highest BCUT2D eigenvalue weighted by molar-refractivity contribution is 7.80. The van der Waals surface area contributed by atoms with E-state index in [-0.39, 0.29) is 23.5 Å². The highest BCUT2D eigenvalue weighted by atomic mass is 35.5. The molecule has 0 fully saturated rings. The van der Waals surface area contributed by atoms with Gasteiger partial charge in [0.05, 0.1) is 11.5 Å². The van der Waals surface area contributed by atoms with E-state index in [1.807, 2.05) is 13.8 Å². The molecule has 6 heteroatoms. The van der Waals surface area contributed by atoms with E-state index in [0.717, 1.165) is 0 Å². The van der Waals surface area contributed by atoms with E-state index in [9.17, 15) is 4.79 Å². The maximum Gasteiger partial charge on any atom is 0.254 e. The lowest BCUT2D eigenvalue weighted by molar-refractivity contribution is 0.0736. The molecule has 1 aromatic carbocycles. The number of halogens is 2. The molecule has 0 unspecified atom stereocenters. The molecule has 0 aliphatic heterocycles. The Morgan fingerprint density at radius 3 is 2.22 bits per heavy atom. The van der Waals surface area contributed by atoms with Crippen LogP contribution in [-0.4, -0.2) is 28.4 Å². The second-order valence-electron chi connectivity index (χ2n) is 4.15. The summed E-state index contributed by atoms with van der Waals surface area (Å²) in [7, 11) is 0.